The molecule has 1 fully saturated rings. The normalized spacial score (nSPS) is 24.5. The number of aliphatic imine (C=N–C) groups is 1. The number of imide groups is 1. The standard InChI is InChI=1S/C23H24ClN5O4/c1-12-6-7-15(10-16(12)24)27-23(33)25-11-14-4-3-5-17-20(14)22(32)29(13(2)26-17)18-8-9-19(30)28-21(18)31/h3-7,10,17-18,20H,8-9,11H2,1-2H3,(H2,25,27,33)(H,28,30,31)/t17?,18?,20-/m1/s1. The fourth-order valence-corrected chi connectivity index (χ4v) is 4.42. The molecule has 172 valence electrons. The Morgan fingerprint density at radius 1 is 1.27 bits per heavy atom. The highest BCUT2D eigenvalue weighted by Gasteiger charge is 2.44. The predicted octanol–water partition coefficient (Wildman–Crippen LogP) is 2.32. The van der Waals surface area contributed by atoms with Crippen molar-refractivity contribution in [2.24, 2.45) is 10.9 Å². The number of allylic oxidation sites excluding steroid dienone is 2. The van der Waals surface area contributed by atoms with Gasteiger partial charge in [-0.05, 0) is 43.5 Å². The Kier molecular flexibility index (Phi) is 6.33. The molecule has 5 amide bonds. The molecule has 4 rings (SSSR count). The van der Waals surface area contributed by atoms with Crippen molar-refractivity contribution in [3.8, 4) is 0 Å². The largest absolute Gasteiger partial charge is 0.334 e. The fraction of sp³-hybridized carbons (Fsp3) is 0.348. The SMILES string of the molecule is CC1=NC2C=CC=C(CNC(=O)Nc3ccc(C)c(Cl)c3)[C@H]2C(=O)N1C1CCC(=O)NC1=O. The van der Waals surface area contributed by atoms with E-state index in [2.05, 4.69) is 20.9 Å². The summed E-state index contributed by atoms with van der Waals surface area (Å²) < 4.78 is 0. The first kappa shape index (κ1) is 22.7. The third kappa shape index (κ3) is 4.68. The van der Waals surface area contributed by atoms with Crippen LogP contribution in [0.5, 0.6) is 0 Å². The van der Waals surface area contributed by atoms with Crippen molar-refractivity contribution < 1.29 is 19.2 Å². The number of benzene rings is 1. The van der Waals surface area contributed by atoms with Gasteiger partial charge in [-0.25, -0.2) is 4.79 Å². The second-order valence-electron chi connectivity index (χ2n) is 8.22. The van der Waals surface area contributed by atoms with Gasteiger partial charge in [0, 0.05) is 23.7 Å². The Bertz CT molecular complexity index is 1130. The van der Waals surface area contributed by atoms with Gasteiger partial charge in [0.15, 0.2) is 0 Å². The number of carbonyl (C=O) groups excluding carboxylic acids is 4. The van der Waals surface area contributed by atoms with Crippen LogP contribution < -0.4 is 16.0 Å². The molecule has 2 unspecified atom stereocenters. The third-order valence-electron chi connectivity index (χ3n) is 5.95. The zero-order chi connectivity index (χ0) is 23.7. The van der Waals surface area contributed by atoms with Gasteiger partial charge in [-0.3, -0.25) is 29.6 Å². The summed E-state index contributed by atoms with van der Waals surface area (Å²) in [5.74, 6) is -1.33. The van der Waals surface area contributed by atoms with E-state index in [1.165, 1.54) is 4.90 Å². The summed E-state index contributed by atoms with van der Waals surface area (Å²) in [4.78, 5) is 55.8. The van der Waals surface area contributed by atoms with Gasteiger partial charge in [-0.1, -0.05) is 35.9 Å². The minimum Gasteiger partial charge on any atom is -0.334 e. The van der Waals surface area contributed by atoms with Crippen molar-refractivity contribution in [2.45, 2.75) is 38.8 Å². The molecule has 10 heteroatoms. The third-order valence-corrected chi connectivity index (χ3v) is 6.36. The van der Waals surface area contributed by atoms with E-state index >= 15 is 0 Å². The number of carbonyl (C=O) groups is 4. The first-order valence-electron chi connectivity index (χ1n) is 10.6. The zero-order valence-corrected chi connectivity index (χ0v) is 19.0. The van der Waals surface area contributed by atoms with E-state index in [-0.39, 0.29) is 31.2 Å². The number of piperidine rings is 1. The lowest BCUT2D eigenvalue weighted by atomic mass is 9.84. The second-order valence-corrected chi connectivity index (χ2v) is 8.63. The van der Waals surface area contributed by atoms with Crippen molar-refractivity contribution in [1.29, 1.82) is 0 Å². The van der Waals surface area contributed by atoms with Crippen molar-refractivity contribution in [2.75, 3.05) is 11.9 Å². The lowest BCUT2D eigenvalue weighted by molar-refractivity contribution is -0.144. The number of rotatable bonds is 4. The molecule has 1 aromatic rings. The summed E-state index contributed by atoms with van der Waals surface area (Å²) >= 11 is 6.11. The number of hydrogen-bond donors (Lipinski definition) is 3. The molecular weight excluding hydrogens is 446 g/mol. The number of nitrogens with zero attached hydrogens (tertiary/aromatic N) is 2. The Morgan fingerprint density at radius 3 is 2.79 bits per heavy atom. The summed E-state index contributed by atoms with van der Waals surface area (Å²) in [6.45, 7) is 3.68. The maximum Gasteiger partial charge on any atom is 0.319 e. The maximum atomic E-state index is 13.5. The van der Waals surface area contributed by atoms with E-state index in [4.69, 9.17) is 11.6 Å². The van der Waals surface area contributed by atoms with E-state index in [1.807, 2.05) is 25.1 Å². The number of halogens is 1. The quantitative estimate of drug-likeness (QED) is 0.586. The second kappa shape index (κ2) is 9.19. The van der Waals surface area contributed by atoms with Crippen LogP contribution in [0, 0.1) is 12.8 Å². The number of amidine groups is 1. The number of aryl methyl sites for hydroxylation is 1. The minimum atomic E-state index is -0.783. The average molecular weight is 470 g/mol. The van der Waals surface area contributed by atoms with Crippen LogP contribution in [0.15, 0.2) is 47.0 Å². The zero-order valence-electron chi connectivity index (χ0n) is 18.2. The minimum absolute atomic E-state index is 0.125. The van der Waals surface area contributed by atoms with Crippen LogP contribution in [0.1, 0.15) is 25.3 Å². The summed E-state index contributed by atoms with van der Waals surface area (Å²) in [5, 5.41) is 8.33. The number of anilines is 1. The van der Waals surface area contributed by atoms with Gasteiger partial charge in [0.05, 0.1) is 12.0 Å². The van der Waals surface area contributed by atoms with Gasteiger partial charge >= 0.3 is 6.03 Å². The molecule has 3 atom stereocenters. The molecule has 1 aromatic carbocycles. The van der Waals surface area contributed by atoms with Crippen molar-refractivity contribution >= 4 is 46.9 Å². The van der Waals surface area contributed by atoms with Gasteiger partial charge in [-0.2, -0.15) is 0 Å². The Balaban J connectivity index is 1.46. The van der Waals surface area contributed by atoms with E-state index in [0.717, 1.165) is 5.56 Å². The maximum absolute atomic E-state index is 13.5. The molecule has 3 N–H and O–H groups in total. The Labute approximate surface area is 195 Å². The molecule has 0 saturated carbocycles. The van der Waals surface area contributed by atoms with Gasteiger partial charge in [0.2, 0.25) is 17.7 Å². The summed E-state index contributed by atoms with van der Waals surface area (Å²) in [6, 6.07) is 3.58. The highest BCUT2D eigenvalue weighted by molar-refractivity contribution is 6.31. The molecule has 1 saturated heterocycles. The fourth-order valence-electron chi connectivity index (χ4n) is 4.24. The number of amides is 5. The van der Waals surface area contributed by atoms with Crippen molar-refractivity contribution in [3.63, 3.8) is 0 Å². The molecule has 1 aliphatic carbocycles. The van der Waals surface area contributed by atoms with Crippen LogP contribution in [0.3, 0.4) is 0 Å². The van der Waals surface area contributed by atoms with Gasteiger partial charge in [0.25, 0.3) is 0 Å². The van der Waals surface area contributed by atoms with Gasteiger partial charge in [-0.15, -0.1) is 0 Å². The number of nitrogens with one attached hydrogen (secondary N) is 3. The molecule has 33 heavy (non-hydrogen) atoms. The molecule has 9 nitrogen and oxygen atoms in total. The smallest absolute Gasteiger partial charge is 0.319 e. The van der Waals surface area contributed by atoms with E-state index in [0.29, 0.717) is 22.1 Å². The molecular formula is C23H24ClN5O4. The Morgan fingerprint density at radius 2 is 2.06 bits per heavy atom. The molecule has 0 spiro atoms. The number of hydrogen-bond acceptors (Lipinski definition) is 5. The highest BCUT2D eigenvalue weighted by Crippen LogP contribution is 2.31. The topological polar surface area (TPSA) is 120 Å². The molecule has 2 heterocycles. The summed E-state index contributed by atoms with van der Waals surface area (Å²) in [5.41, 5.74) is 2.13. The molecule has 0 radical (unpaired) electrons. The number of fused-ring (bicyclic) bond motifs is 1. The van der Waals surface area contributed by atoms with Crippen LogP contribution in [0.4, 0.5) is 10.5 Å². The molecule has 2 aliphatic heterocycles. The average Bonchev–Trinajstić information content (AvgIpc) is 2.76. The Hall–Kier alpha value is -3.46. The molecule has 0 aromatic heterocycles. The van der Waals surface area contributed by atoms with E-state index in [1.54, 1.807) is 25.1 Å². The molecule has 0 bridgehead atoms. The predicted molar refractivity (Wildman–Crippen MR) is 124 cm³/mol. The van der Waals surface area contributed by atoms with Crippen LogP contribution in [-0.4, -0.2) is 53.1 Å². The number of urea groups is 1. The van der Waals surface area contributed by atoms with Gasteiger partial charge in [0.1, 0.15) is 11.9 Å². The first-order chi connectivity index (χ1) is 15.7. The van der Waals surface area contributed by atoms with Crippen LogP contribution in [-0.2, 0) is 14.4 Å². The highest BCUT2D eigenvalue weighted by atomic mass is 35.5. The molecule has 3 aliphatic rings. The lowest BCUT2D eigenvalue weighted by Crippen LogP contribution is -2.60. The van der Waals surface area contributed by atoms with Crippen LogP contribution in [0.2, 0.25) is 5.02 Å². The van der Waals surface area contributed by atoms with Crippen LogP contribution >= 0.6 is 11.6 Å². The van der Waals surface area contributed by atoms with E-state index in [9.17, 15) is 19.2 Å². The van der Waals surface area contributed by atoms with Crippen LogP contribution in [0.25, 0.3) is 0 Å². The summed E-state index contributed by atoms with van der Waals surface area (Å²) in [6.07, 6.45) is 5.82. The van der Waals surface area contributed by atoms with Crippen molar-refractivity contribution in [3.05, 3.63) is 52.6 Å². The van der Waals surface area contributed by atoms with Crippen molar-refractivity contribution in [1.82, 2.24) is 15.5 Å². The van der Waals surface area contributed by atoms with E-state index < -0.39 is 29.9 Å². The van der Waals surface area contributed by atoms with Gasteiger partial charge < -0.3 is 10.6 Å². The first-order valence-corrected chi connectivity index (χ1v) is 11.0. The monoisotopic (exact) mass is 469 g/mol. The summed E-state index contributed by atoms with van der Waals surface area (Å²) in [7, 11) is 0. The lowest BCUT2D eigenvalue weighted by Gasteiger charge is -2.41.